The van der Waals surface area contributed by atoms with Crippen LogP contribution in [-0.2, 0) is 19.5 Å². The molecule has 0 bridgehead atoms. The van der Waals surface area contributed by atoms with Crippen LogP contribution in [0.1, 0.15) is 23.6 Å². The number of nitro groups is 1. The quantitative estimate of drug-likeness (QED) is 0.370. The highest BCUT2D eigenvalue weighted by Gasteiger charge is 2.06. The van der Waals surface area contributed by atoms with E-state index in [2.05, 4.69) is 34.7 Å². The number of nitrogens with one attached hydrogen (secondary N) is 2. The van der Waals surface area contributed by atoms with E-state index in [4.69, 9.17) is 0 Å². The van der Waals surface area contributed by atoms with Crippen LogP contribution in [0.2, 0.25) is 0 Å². The van der Waals surface area contributed by atoms with Crippen molar-refractivity contribution in [3.05, 3.63) is 75.3 Å². The highest BCUT2D eigenvalue weighted by atomic mass is 16.6. The molecule has 0 radical (unpaired) electrons. The first kappa shape index (κ1) is 17.5. The van der Waals surface area contributed by atoms with Crippen LogP contribution in [0.4, 0.5) is 5.69 Å². The van der Waals surface area contributed by atoms with E-state index in [1.54, 1.807) is 19.2 Å². The van der Waals surface area contributed by atoms with Crippen molar-refractivity contribution >= 4 is 11.6 Å². The van der Waals surface area contributed by atoms with Gasteiger partial charge in [0.05, 0.1) is 4.92 Å². The number of nitro benzene ring substituents is 1. The number of hydrogen-bond acceptors (Lipinski definition) is 3. The predicted molar refractivity (Wildman–Crippen MR) is 96.0 cm³/mol. The molecule has 6 heteroatoms. The van der Waals surface area contributed by atoms with E-state index in [1.807, 2.05) is 18.2 Å². The third-order valence-corrected chi connectivity index (χ3v) is 3.75. The van der Waals surface area contributed by atoms with Gasteiger partial charge < -0.3 is 10.6 Å². The van der Waals surface area contributed by atoms with E-state index < -0.39 is 4.92 Å². The summed E-state index contributed by atoms with van der Waals surface area (Å²) < 4.78 is 0. The van der Waals surface area contributed by atoms with Gasteiger partial charge in [-0.1, -0.05) is 43.3 Å². The molecule has 0 atom stereocenters. The van der Waals surface area contributed by atoms with Crippen molar-refractivity contribution in [2.45, 2.75) is 26.4 Å². The Labute approximate surface area is 141 Å². The molecule has 0 aromatic heterocycles. The summed E-state index contributed by atoms with van der Waals surface area (Å²) >= 11 is 0. The second-order valence-electron chi connectivity index (χ2n) is 5.33. The maximum absolute atomic E-state index is 10.8. The van der Waals surface area contributed by atoms with Gasteiger partial charge in [0.2, 0.25) is 0 Å². The summed E-state index contributed by atoms with van der Waals surface area (Å²) in [4.78, 5) is 14.6. The summed E-state index contributed by atoms with van der Waals surface area (Å²) in [6.07, 6.45) is 0.984. The van der Waals surface area contributed by atoms with Gasteiger partial charge in [0, 0.05) is 32.3 Å². The number of guanidine groups is 1. The zero-order chi connectivity index (χ0) is 17.4. The second kappa shape index (κ2) is 8.67. The highest BCUT2D eigenvalue weighted by molar-refractivity contribution is 5.79. The molecule has 0 saturated heterocycles. The topological polar surface area (TPSA) is 79.6 Å². The monoisotopic (exact) mass is 326 g/mol. The lowest BCUT2D eigenvalue weighted by Gasteiger charge is -2.13. The molecule has 0 heterocycles. The number of benzene rings is 2. The number of aliphatic imine (C=N–C) groups is 1. The molecule has 2 rings (SSSR count). The standard InChI is InChI=1S/C18H22N4O2/c1-3-15-8-4-5-9-16(15)13-21-18(19-2)20-12-14-7-6-10-17(11-14)22(23)24/h4-11H,3,12-13H2,1-2H3,(H2,19,20,21). The Morgan fingerprint density at radius 1 is 1.08 bits per heavy atom. The summed E-state index contributed by atoms with van der Waals surface area (Å²) in [6, 6.07) is 14.9. The van der Waals surface area contributed by atoms with Crippen LogP contribution in [0.25, 0.3) is 0 Å². The van der Waals surface area contributed by atoms with Gasteiger partial charge in [-0.05, 0) is 23.1 Å². The number of hydrogen-bond donors (Lipinski definition) is 2. The normalized spacial score (nSPS) is 11.2. The molecule has 2 N–H and O–H groups in total. The van der Waals surface area contributed by atoms with E-state index in [0.29, 0.717) is 19.0 Å². The van der Waals surface area contributed by atoms with Crippen LogP contribution >= 0.6 is 0 Å². The minimum absolute atomic E-state index is 0.0918. The van der Waals surface area contributed by atoms with E-state index >= 15 is 0 Å². The zero-order valence-corrected chi connectivity index (χ0v) is 14.0. The smallest absolute Gasteiger partial charge is 0.269 e. The Morgan fingerprint density at radius 3 is 2.46 bits per heavy atom. The van der Waals surface area contributed by atoms with Crippen LogP contribution in [-0.4, -0.2) is 17.9 Å². The fourth-order valence-electron chi connectivity index (χ4n) is 2.44. The van der Waals surface area contributed by atoms with Gasteiger partial charge in [-0.15, -0.1) is 0 Å². The summed E-state index contributed by atoms with van der Waals surface area (Å²) in [5.41, 5.74) is 3.47. The summed E-state index contributed by atoms with van der Waals surface area (Å²) in [5.74, 6) is 0.660. The maximum Gasteiger partial charge on any atom is 0.269 e. The maximum atomic E-state index is 10.8. The van der Waals surface area contributed by atoms with Crippen LogP contribution in [0.5, 0.6) is 0 Å². The van der Waals surface area contributed by atoms with Gasteiger partial charge in [0.25, 0.3) is 5.69 Å². The van der Waals surface area contributed by atoms with Gasteiger partial charge in [-0.25, -0.2) is 0 Å². The van der Waals surface area contributed by atoms with Crippen molar-refractivity contribution in [2.75, 3.05) is 7.05 Å². The molecule has 2 aromatic carbocycles. The molecule has 6 nitrogen and oxygen atoms in total. The summed E-state index contributed by atoms with van der Waals surface area (Å²) in [5, 5.41) is 17.3. The summed E-state index contributed by atoms with van der Waals surface area (Å²) in [6.45, 7) is 3.28. The van der Waals surface area contributed by atoms with Crippen LogP contribution in [0.3, 0.4) is 0 Å². The molecule has 2 aromatic rings. The molecule has 126 valence electrons. The first-order chi connectivity index (χ1) is 11.6. The SMILES string of the molecule is CCc1ccccc1CNC(=NC)NCc1cccc([N+](=O)[O-])c1. The van der Waals surface area contributed by atoms with Crippen molar-refractivity contribution < 1.29 is 4.92 Å². The lowest BCUT2D eigenvalue weighted by atomic mass is 10.1. The minimum Gasteiger partial charge on any atom is -0.352 e. The molecule has 0 unspecified atom stereocenters. The van der Waals surface area contributed by atoms with Gasteiger partial charge in [-0.3, -0.25) is 15.1 Å². The van der Waals surface area contributed by atoms with Crippen molar-refractivity contribution in [3.63, 3.8) is 0 Å². The molecule has 0 aliphatic carbocycles. The molecule has 0 amide bonds. The van der Waals surface area contributed by atoms with E-state index in [9.17, 15) is 10.1 Å². The second-order valence-corrected chi connectivity index (χ2v) is 5.33. The lowest BCUT2D eigenvalue weighted by molar-refractivity contribution is -0.384. The molecule has 0 saturated carbocycles. The van der Waals surface area contributed by atoms with Crippen molar-refractivity contribution in [1.29, 1.82) is 0 Å². The first-order valence-electron chi connectivity index (χ1n) is 7.88. The molecular weight excluding hydrogens is 304 g/mol. The molecular formula is C18H22N4O2. The van der Waals surface area contributed by atoms with E-state index in [1.165, 1.54) is 17.2 Å². The zero-order valence-electron chi connectivity index (χ0n) is 14.0. The fraction of sp³-hybridized carbons (Fsp3) is 0.278. The van der Waals surface area contributed by atoms with Crippen LogP contribution in [0, 0.1) is 10.1 Å². The van der Waals surface area contributed by atoms with Crippen molar-refractivity contribution in [3.8, 4) is 0 Å². The molecule has 0 aliphatic rings. The van der Waals surface area contributed by atoms with Gasteiger partial charge >= 0.3 is 0 Å². The van der Waals surface area contributed by atoms with E-state index in [-0.39, 0.29) is 5.69 Å². The highest BCUT2D eigenvalue weighted by Crippen LogP contribution is 2.13. The fourth-order valence-corrected chi connectivity index (χ4v) is 2.44. The average Bonchev–Trinajstić information content (AvgIpc) is 2.62. The Hall–Kier alpha value is -2.89. The van der Waals surface area contributed by atoms with Crippen molar-refractivity contribution in [1.82, 2.24) is 10.6 Å². The largest absolute Gasteiger partial charge is 0.352 e. The number of rotatable bonds is 6. The predicted octanol–water partition coefficient (Wildman–Crippen LogP) is 3.02. The van der Waals surface area contributed by atoms with Crippen LogP contribution < -0.4 is 10.6 Å². The Kier molecular flexibility index (Phi) is 6.31. The van der Waals surface area contributed by atoms with Gasteiger partial charge in [0.15, 0.2) is 5.96 Å². The van der Waals surface area contributed by atoms with E-state index in [0.717, 1.165) is 12.0 Å². The van der Waals surface area contributed by atoms with Crippen LogP contribution in [0.15, 0.2) is 53.5 Å². The molecule has 0 spiro atoms. The third-order valence-electron chi connectivity index (χ3n) is 3.75. The molecule has 24 heavy (non-hydrogen) atoms. The third kappa shape index (κ3) is 4.81. The number of nitrogens with zero attached hydrogens (tertiary/aromatic N) is 2. The lowest BCUT2D eigenvalue weighted by Crippen LogP contribution is -2.36. The number of aryl methyl sites for hydroxylation is 1. The first-order valence-corrected chi connectivity index (χ1v) is 7.88. The number of non-ortho nitro benzene ring substituents is 1. The molecule has 0 fully saturated rings. The summed E-state index contributed by atoms with van der Waals surface area (Å²) in [7, 11) is 1.70. The average molecular weight is 326 g/mol. The molecule has 0 aliphatic heterocycles. The Bertz CT molecular complexity index is 728. The Balaban J connectivity index is 1.93. The Morgan fingerprint density at radius 2 is 1.79 bits per heavy atom. The van der Waals surface area contributed by atoms with Gasteiger partial charge in [0.1, 0.15) is 0 Å². The van der Waals surface area contributed by atoms with Gasteiger partial charge in [-0.2, -0.15) is 0 Å². The van der Waals surface area contributed by atoms with Crippen molar-refractivity contribution in [2.24, 2.45) is 4.99 Å². The minimum atomic E-state index is -0.391.